The molecule has 1 saturated heterocycles. The molecule has 0 saturated carbocycles. The minimum atomic E-state index is 0.539. The van der Waals surface area contributed by atoms with Gasteiger partial charge in [-0.15, -0.1) is 0 Å². The molecule has 0 aromatic carbocycles. The van der Waals surface area contributed by atoms with Crippen LogP contribution in [0.4, 0.5) is 5.82 Å². The maximum atomic E-state index is 6.01. The number of thioether (sulfide) groups is 1. The molecule has 1 aliphatic rings. The van der Waals surface area contributed by atoms with E-state index in [2.05, 4.69) is 21.8 Å². The summed E-state index contributed by atoms with van der Waals surface area (Å²) in [5.41, 5.74) is 0. The van der Waals surface area contributed by atoms with Crippen molar-refractivity contribution in [2.45, 2.75) is 31.3 Å². The summed E-state index contributed by atoms with van der Waals surface area (Å²) >= 11 is 7.55. The lowest BCUT2D eigenvalue weighted by Crippen LogP contribution is -2.34. The van der Waals surface area contributed by atoms with Gasteiger partial charge in [-0.05, 0) is 25.0 Å². The van der Waals surface area contributed by atoms with Crippen molar-refractivity contribution in [2.24, 2.45) is 5.92 Å². The summed E-state index contributed by atoms with van der Waals surface area (Å²) in [6, 6.07) is 1.87. The highest BCUT2D eigenvalue weighted by molar-refractivity contribution is 7.98. The van der Waals surface area contributed by atoms with Gasteiger partial charge >= 0.3 is 0 Å². The lowest BCUT2D eigenvalue weighted by atomic mass is 9.94. The van der Waals surface area contributed by atoms with Gasteiger partial charge in [-0.1, -0.05) is 36.7 Å². The van der Waals surface area contributed by atoms with E-state index in [1.165, 1.54) is 31.0 Å². The van der Waals surface area contributed by atoms with Crippen LogP contribution in [0.1, 0.15) is 26.2 Å². The van der Waals surface area contributed by atoms with Crippen LogP contribution >= 0.6 is 23.4 Å². The Bertz CT molecular complexity index is 378. The van der Waals surface area contributed by atoms with Gasteiger partial charge in [0.05, 0.1) is 0 Å². The second-order valence-corrected chi connectivity index (χ2v) is 5.53. The number of anilines is 1. The van der Waals surface area contributed by atoms with Crippen LogP contribution in [0, 0.1) is 5.92 Å². The van der Waals surface area contributed by atoms with Gasteiger partial charge < -0.3 is 4.90 Å². The van der Waals surface area contributed by atoms with Gasteiger partial charge in [0.1, 0.15) is 11.0 Å². The molecule has 0 bridgehead atoms. The smallest absolute Gasteiger partial charge is 0.190 e. The van der Waals surface area contributed by atoms with E-state index in [4.69, 9.17) is 11.6 Å². The molecule has 0 spiro atoms. The van der Waals surface area contributed by atoms with Crippen molar-refractivity contribution in [3.63, 3.8) is 0 Å². The molecule has 1 aliphatic heterocycles. The summed E-state index contributed by atoms with van der Waals surface area (Å²) < 4.78 is 0. The lowest BCUT2D eigenvalue weighted by Gasteiger charge is -2.32. The predicted molar refractivity (Wildman–Crippen MR) is 74.1 cm³/mol. The predicted octanol–water partition coefficient (Wildman–Crippen LogP) is 3.48. The van der Waals surface area contributed by atoms with E-state index >= 15 is 0 Å². The van der Waals surface area contributed by atoms with Crippen LogP contribution in [0.3, 0.4) is 0 Å². The molecule has 0 amide bonds. The van der Waals surface area contributed by atoms with Crippen molar-refractivity contribution in [1.29, 1.82) is 0 Å². The molecule has 1 aromatic rings. The molecule has 0 atom stereocenters. The molecular formula is C12H18ClN3S. The Morgan fingerprint density at radius 2 is 2.12 bits per heavy atom. The van der Waals surface area contributed by atoms with Crippen LogP contribution in [-0.4, -0.2) is 29.3 Å². The highest BCUT2D eigenvalue weighted by Crippen LogP contribution is 2.26. The summed E-state index contributed by atoms with van der Waals surface area (Å²) in [6.07, 6.45) is 5.77. The average Bonchev–Trinajstić information content (AvgIpc) is 2.38. The van der Waals surface area contributed by atoms with E-state index in [0.717, 1.165) is 30.0 Å². The topological polar surface area (TPSA) is 29.0 Å². The molecule has 0 N–H and O–H groups in total. The molecule has 2 heterocycles. The Morgan fingerprint density at radius 3 is 2.71 bits per heavy atom. The van der Waals surface area contributed by atoms with Crippen LogP contribution in [0.5, 0.6) is 0 Å². The molecule has 3 nitrogen and oxygen atoms in total. The van der Waals surface area contributed by atoms with E-state index in [1.807, 2.05) is 12.3 Å². The first kappa shape index (κ1) is 13.0. The van der Waals surface area contributed by atoms with E-state index in [9.17, 15) is 0 Å². The quantitative estimate of drug-likeness (QED) is 0.478. The first-order chi connectivity index (χ1) is 8.22. The van der Waals surface area contributed by atoms with Crippen molar-refractivity contribution >= 4 is 29.2 Å². The number of aromatic nitrogens is 2. The molecule has 17 heavy (non-hydrogen) atoms. The molecule has 0 radical (unpaired) electrons. The number of piperidine rings is 1. The van der Waals surface area contributed by atoms with Crippen molar-refractivity contribution < 1.29 is 0 Å². The minimum Gasteiger partial charge on any atom is -0.356 e. The van der Waals surface area contributed by atoms with E-state index in [1.54, 1.807) is 0 Å². The van der Waals surface area contributed by atoms with Crippen LogP contribution < -0.4 is 4.90 Å². The van der Waals surface area contributed by atoms with Crippen LogP contribution in [0.15, 0.2) is 11.2 Å². The number of halogens is 1. The highest BCUT2D eigenvalue weighted by Gasteiger charge is 2.19. The van der Waals surface area contributed by atoms with Gasteiger partial charge in [-0.25, -0.2) is 9.97 Å². The number of nitrogens with zero attached hydrogens (tertiary/aromatic N) is 3. The highest BCUT2D eigenvalue weighted by atomic mass is 35.5. The fraction of sp³-hybridized carbons (Fsp3) is 0.667. The maximum Gasteiger partial charge on any atom is 0.190 e. The third-order valence-electron chi connectivity index (χ3n) is 3.36. The SMILES string of the molecule is CCC1CCN(c2cc(Cl)nc(SC)n2)CC1. The molecule has 5 heteroatoms. The second-order valence-electron chi connectivity index (χ2n) is 4.37. The molecule has 1 aromatic heterocycles. The first-order valence-corrected chi connectivity index (χ1v) is 7.66. The number of hydrogen-bond acceptors (Lipinski definition) is 4. The largest absolute Gasteiger partial charge is 0.356 e. The van der Waals surface area contributed by atoms with Crippen molar-refractivity contribution in [2.75, 3.05) is 24.2 Å². The zero-order valence-corrected chi connectivity index (χ0v) is 11.9. The Labute approximate surface area is 112 Å². The van der Waals surface area contributed by atoms with Crippen molar-refractivity contribution in [3.05, 3.63) is 11.2 Å². The third-order valence-corrected chi connectivity index (χ3v) is 4.10. The second kappa shape index (κ2) is 5.91. The van der Waals surface area contributed by atoms with Gasteiger partial charge in [0.25, 0.3) is 0 Å². The summed E-state index contributed by atoms with van der Waals surface area (Å²) in [5, 5.41) is 1.29. The van der Waals surface area contributed by atoms with Crippen LogP contribution in [0.25, 0.3) is 0 Å². The van der Waals surface area contributed by atoms with Crippen LogP contribution in [-0.2, 0) is 0 Å². The van der Waals surface area contributed by atoms with Gasteiger partial charge in [-0.3, -0.25) is 0 Å². The van der Waals surface area contributed by atoms with Gasteiger partial charge in [0.2, 0.25) is 0 Å². The molecule has 2 rings (SSSR count). The minimum absolute atomic E-state index is 0.539. The Hall–Kier alpha value is -0.480. The van der Waals surface area contributed by atoms with Gasteiger partial charge in [0.15, 0.2) is 5.16 Å². The monoisotopic (exact) mass is 271 g/mol. The molecular weight excluding hydrogens is 254 g/mol. The normalized spacial score (nSPS) is 17.5. The molecule has 1 fully saturated rings. The van der Waals surface area contributed by atoms with Gasteiger partial charge in [0, 0.05) is 19.2 Å². The van der Waals surface area contributed by atoms with Gasteiger partial charge in [-0.2, -0.15) is 0 Å². The van der Waals surface area contributed by atoms with E-state index < -0.39 is 0 Å². The maximum absolute atomic E-state index is 6.01. The van der Waals surface area contributed by atoms with Crippen molar-refractivity contribution in [3.8, 4) is 0 Å². The standard InChI is InChI=1S/C12H18ClN3S/c1-3-9-4-6-16(7-5-9)11-8-10(13)14-12(15-11)17-2/h8-9H,3-7H2,1-2H3. The Kier molecular flexibility index (Phi) is 4.51. The lowest BCUT2D eigenvalue weighted by molar-refractivity contribution is 0.393. The molecule has 0 unspecified atom stereocenters. The summed E-state index contributed by atoms with van der Waals surface area (Å²) in [6.45, 7) is 4.44. The summed E-state index contributed by atoms with van der Waals surface area (Å²) in [4.78, 5) is 11.0. The third kappa shape index (κ3) is 3.26. The Balaban J connectivity index is 2.10. The summed E-state index contributed by atoms with van der Waals surface area (Å²) in [5.74, 6) is 1.85. The fourth-order valence-corrected chi connectivity index (χ4v) is 2.81. The number of hydrogen-bond donors (Lipinski definition) is 0. The zero-order chi connectivity index (χ0) is 12.3. The average molecular weight is 272 g/mol. The molecule has 0 aliphatic carbocycles. The van der Waals surface area contributed by atoms with E-state index in [-0.39, 0.29) is 0 Å². The number of rotatable bonds is 3. The zero-order valence-electron chi connectivity index (χ0n) is 10.3. The molecule has 94 valence electrons. The van der Waals surface area contributed by atoms with E-state index in [0.29, 0.717) is 5.15 Å². The Morgan fingerprint density at radius 1 is 1.41 bits per heavy atom. The fourth-order valence-electron chi connectivity index (χ4n) is 2.21. The van der Waals surface area contributed by atoms with Crippen LogP contribution in [0.2, 0.25) is 5.15 Å². The first-order valence-electron chi connectivity index (χ1n) is 6.06. The summed E-state index contributed by atoms with van der Waals surface area (Å²) in [7, 11) is 0. The van der Waals surface area contributed by atoms with Crippen molar-refractivity contribution in [1.82, 2.24) is 9.97 Å².